The average molecular weight is 337 g/mol. The van der Waals surface area contributed by atoms with E-state index in [-0.39, 0.29) is 6.03 Å². The van der Waals surface area contributed by atoms with Crippen molar-refractivity contribution in [2.75, 3.05) is 26.2 Å². The molecule has 3 rings (SSSR count). The van der Waals surface area contributed by atoms with Crippen LogP contribution in [-0.4, -0.2) is 42.0 Å². The highest BCUT2D eigenvalue weighted by Gasteiger charge is 2.21. The lowest BCUT2D eigenvalue weighted by Gasteiger charge is -2.35. The normalized spacial score (nSPS) is 15.2. The minimum atomic E-state index is 0.0406. The number of carbonyl (C=O) groups is 1. The minimum Gasteiger partial charge on any atom is -0.334 e. The van der Waals surface area contributed by atoms with Crippen LogP contribution in [0.3, 0.4) is 0 Å². The van der Waals surface area contributed by atoms with Gasteiger partial charge in [0.1, 0.15) is 0 Å². The van der Waals surface area contributed by atoms with Crippen molar-refractivity contribution in [2.24, 2.45) is 0 Å². The Morgan fingerprint density at radius 3 is 2.04 bits per heavy atom. The molecule has 0 aliphatic carbocycles. The summed E-state index contributed by atoms with van der Waals surface area (Å²) in [5, 5.41) is 3.05. The zero-order chi connectivity index (χ0) is 17.6. The summed E-state index contributed by atoms with van der Waals surface area (Å²) in [4.78, 5) is 16.7. The van der Waals surface area contributed by atoms with Gasteiger partial charge in [-0.2, -0.15) is 0 Å². The lowest BCUT2D eigenvalue weighted by Crippen LogP contribution is -2.51. The van der Waals surface area contributed by atoms with Crippen LogP contribution in [0.25, 0.3) is 0 Å². The van der Waals surface area contributed by atoms with E-state index in [0.717, 1.165) is 32.7 Å². The number of piperazine rings is 1. The van der Waals surface area contributed by atoms with Gasteiger partial charge in [0, 0.05) is 39.3 Å². The summed E-state index contributed by atoms with van der Waals surface area (Å²) < 4.78 is 0. The van der Waals surface area contributed by atoms with E-state index in [0.29, 0.717) is 6.54 Å². The van der Waals surface area contributed by atoms with Crippen molar-refractivity contribution < 1.29 is 4.79 Å². The van der Waals surface area contributed by atoms with Crippen LogP contribution in [0.2, 0.25) is 0 Å². The zero-order valence-electron chi connectivity index (χ0n) is 15.2. The van der Waals surface area contributed by atoms with Crippen LogP contribution in [0.4, 0.5) is 4.79 Å². The predicted molar refractivity (Wildman–Crippen MR) is 101 cm³/mol. The first kappa shape index (κ1) is 17.5. The van der Waals surface area contributed by atoms with E-state index < -0.39 is 0 Å². The molecule has 0 unspecified atom stereocenters. The second-order valence-corrected chi connectivity index (χ2v) is 6.77. The van der Waals surface area contributed by atoms with Crippen LogP contribution in [0.1, 0.15) is 22.3 Å². The minimum absolute atomic E-state index is 0.0406. The number of carbonyl (C=O) groups excluding carboxylic acids is 1. The SMILES string of the molecule is Cc1ccccc1CNC(=O)N1CCN(Cc2ccccc2C)CC1. The smallest absolute Gasteiger partial charge is 0.317 e. The number of nitrogens with zero attached hydrogens (tertiary/aromatic N) is 2. The second-order valence-electron chi connectivity index (χ2n) is 6.77. The van der Waals surface area contributed by atoms with E-state index in [1.54, 1.807) is 0 Å². The number of nitrogens with one attached hydrogen (secondary N) is 1. The van der Waals surface area contributed by atoms with E-state index in [1.165, 1.54) is 22.3 Å². The Labute approximate surface area is 150 Å². The molecule has 0 spiro atoms. The van der Waals surface area contributed by atoms with Gasteiger partial charge in [-0.05, 0) is 36.1 Å². The van der Waals surface area contributed by atoms with Crippen LogP contribution in [0, 0.1) is 13.8 Å². The van der Waals surface area contributed by atoms with Gasteiger partial charge < -0.3 is 10.2 Å². The molecule has 0 bridgehead atoms. The largest absolute Gasteiger partial charge is 0.334 e. The molecular weight excluding hydrogens is 310 g/mol. The maximum atomic E-state index is 12.4. The molecule has 2 aromatic carbocycles. The quantitative estimate of drug-likeness (QED) is 0.929. The Bertz CT molecular complexity index is 721. The number of benzene rings is 2. The highest BCUT2D eigenvalue weighted by Crippen LogP contribution is 2.13. The van der Waals surface area contributed by atoms with Crippen LogP contribution < -0.4 is 5.32 Å². The summed E-state index contributed by atoms with van der Waals surface area (Å²) in [7, 11) is 0. The highest BCUT2D eigenvalue weighted by atomic mass is 16.2. The third-order valence-electron chi connectivity index (χ3n) is 5.01. The van der Waals surface area contributed by atoms with Crippen molar-refractivity contribution in [1.82, 2.24) is 15.1 Å². The second kappa shape index (κ2) is 8.17. The molecule has 1 aliphatic rings. The van der Waals surface area contributed by atoms with Crippen LogP contribution >= 0.6 is 0 Å². The fourth-order valence-corrected chi connectivity index (χ4v) is 3.23. The number of hydrogen-bond donors (Lipinski definition) is 1. The fourth-order valence-electron chi connectivity index (χ4n) is 3.23. The van der Waals surface area contributed by atoms with E-state index in [9.17, 15) is 4.79 Å². The topological polar surface area (TPSA) is 35.6 Å². The fraction of sp³-hybridized carbons (Fsp3) is 0.381. The van der Waals surface area contributed by atoms with Gasteiger partial charge in [0.25, 0.3) is 0 Å². The Balaban J connectivity index is 1.46. The molecule has 132 valence electrons. The Morgan fingerprint density at radius 1 is 0.880 bits per heavy atom. The molecule has 0 saturated carbocycles. The standard InChI is InChI=1S/C21H27N3O/c1-17-7-3-5-9-19(17)15-22-21(25)24-13-11-23(12-14-24)16-20-10-6-4-8-18(20)2/h3-10H,11-16H2,1-2H3,(H,22,25). The Kier molecular flexibility index (Phi) is 5.71. The third-order valence-corrected chi connectivity index (χ3v) is 5.01. The molecule has 0 radical (unpaired) electrons. The van der Waals surface area contributed by atoms with Crippen molar-refractivity contribution in [1.29, 1.82) is 0 Å². The first-order chi connectivity index (χ1) is 12.1. The number of aryl methyl sites for hydroxylation is 2. The molecule has 1 aliphatic heterocycles. The van der Waals surface area contributed by atoms with Crippen molar-refractivity contribution in [2.45, 2.75) is 26.9 Å². The van der Waals surface area contributed by atoms with E-state index in [1.807, 2.05) is 17.0 Å². The molecule has 1 N–H and O–H groups in total. The van der Waals surface area contributed by atoms with Gasteiger partial charge in [-0.15, -0.1) is 0 Å². The zero-order valence-corrected chi connectivity index (χ0v) is 15.2. The molecule has 25 heavy (non-hydrogen) atoms. The van der Waals surface area contributed by atoms with E-state index in [4.69, 9.17) is 0 Å². The highest BCUT2D eigenvalue weighted by molar-refractivity contribution is 5.74. The molecule has 0 atom stereocenters. The van der Waals surface area contributed by atoms with Gasteiger partial charge in [0.05, 0.1) is 0 Å². The van der Waals surface area contributed by atoms with Crippen LogP contribution in [0.5, 0.6) is 0 Å². The van der Waals surface area contributed by atoms with Gasteiger partial charge in [0.15, 0.2) is 0 Å². The summed E-state index contributed by atoms with van der Waals surface area (Å²) in [5.41, 5.74) is 5.10. The number of hydrogen-bond acceptors (Lipinski definition) is 2. The summed E-state index contributed by atoms with van der Waals surface area (Å²) in [6.07, 6.45) is 0. The van der Waals surface area contributed by atoms with Crippen LogP contribution in [-0.2, 0) is 13.1 Å². The number of amides is 2. The lowest BCUT2D eigenvalue weighted by atomic mass is 10.1. The lowest BCUT2D eigenvalue weighted by molar-refractivity contribution is 0.135. The number of urea groups is 1. The van der Waals surface area contributed by atoms with E-state index >= 15 is 0 Å². The van der Waals surface area contributed by atoms with Gasteiger partial charge in [-0.25, -0.2) is 4.79 Å². The van der Waals surface area contributed by atoms with Crippen molar-refractivity contribution in [3.05, 3.63) is 70.8 Å². The van der Waals surface area contributed by atoms with Gasteiger partial charge in [-0.1, -0.05) is 48.5 Å². The molecular formula is C21H27N3O. The summed E-state index contributed by atoms with van der Waals surface area (Å²) in [5.74, 6) is 0. The van der Waals surface area contributed by atoms with Crippen molar-refractivity contribution in [3.63, 3.8) is 0 Å². The summed E-state index contributed by atoms with van der Waals surface area (Å²) >= 11 is 0. The molecule has 1 heterocycles. The molecule has 2 amide bonds. The molecule has 2 aromatic rings. The Hall–Kier alpha value is -2.33. The molecule has 0 aromatic heterocycles. The number of rotatable bonds is 4. The first-order valence-corrected chi connectivity index (χ1v) is 8.97. The molecule has 4 heteroatoms. The Morgan fingerprint density at radius 2 is 1.44 bits per heavy atom. The van der Waals surface area contributed by atoms with Crippen LogP contribution in [0.15, 0.2) is 48.5 Å². The average Bonchev–Trinajstić information content (AvgIpc) is 2.63. The van der Waals surface area contributed by atoms with Gasteiger partial charge in [-0.3, -0.25) is 4.90 Å². The first-order valence-electron chi connectivity index (χ1n) is 8.97. The van der Waals surface area contributed by atoms with E-state index in [2.05, 4.69) is 60.5 Å². The molecule has 1 fully saturated rings. The molecule has 4 nitrogen and oxygen atoms in total. The maximum absolute atomic E-state index is 12.4. The molecule has 1 saturated heterocycles. The third kappa shape index (κ3) is 4.60. The van der Waals surface area contributed by atoms with Gasteiger partial charge >= 0.3 is 6.03 Å². The summed E-state index contributed by atoms with van der Waals surface area (Å²) in [6, 6.07) is 16.7. The van der Waals surface area contributed by atoms with Crippen molar-refractivity contribution >= 4 is 6.03 Å². The summed E-state index contributed by atoms with van der Waals surface area (Å²) in [6.45, 7) is 9.20. The monoisotopic (exact) mass is 337 g/mol. The maximum Gasteiger partial charge on any atom is 0.317 e. The van der Waals surface area contributed by atoms with Gasteiger partial charge in [0.2, 0.25) is 0 Å². The van der Waals surface area contributed by atoms with Crippen molar-refractivity contribution in [3.8, 4) is 0 Å². The predicted octanol–water partition coefficient (Wildman–Crippen LogP) is 3.33.